The standard InChI is InChI=1S/C24H20F5NO2/c1-23(2,16-10-11-30-20(12-16)18-9-8-17(25)13-19(18)26)21(14-24(27,28)29)32-22(31)15-6-4-3-5-7-15/h3-13,21H,14H2,1-2H3. The van der Waals surface area contributed by atoms with E-state index in [1.54, 1.807) is 18.2 Å². The Hall–Kier alpha value is -3.29. The van der Waals surface area contributed by atoms with E-state index in [1.807, 2.05) is 0 Å². The predicted molar refractivity (Wildman–Crippen MR) is 109 cm³/mol. The zero-order chi connectivity index (χ0) is 23.5. The van der Waals surface area contributed by atoms with Gasteiger partial charge in [-0.2, -0.15) is 13.2 Å². The van der Waals surface area contributed by atoms with Gasteiger partial charge in [-0.1, -0.05) is 32.0 Å². The molecule has 0 fully saturated rings. The molecule has 168 valence electrons. The van der Waals surface area contributed by atoms with Crippen molar-refractivity contribution < 1.29 is 31.5 Å². The monoisotopic (exact) mass is 449 g/mol. The van der Waals surface area contributed by atoms with Crippen molar-refractivity contribution in [2.75, 3.05) is 0 Å². The molecule has 0 aliphatic carbocycles. The molecule has 0 amide bonds. The van der Waals surface area contributed by atoms with Crippen LogP contribution in [0.1, 0.15) is 36.2 Å². The molecule has 0 aliphatic rings. The molecule has 0 N–H and O–H groups in total. The summed E-state index contributed by atoms with van der Waals surface area (Å²) in [7, 11) is 0. The van der Waals surface area contributed by atoms with Crippen LogP contribution in [-0.2, 0) is 10.2 Å². The van der Waals surface area contributed by atoms with Gasteiger partial charge in [-0.05, 0) is 42.0 Å². The molecule has 1 atom stereocenters. The normalized spacial score (nSPS) is 13.0. The van der Waals surface area contributed by atoms with Crippen LogP contribution in [0.4, 0.5) is 22.0 Å². The number of hydrogen-bond acceptors (Lipinski definition) is 3. The van der Waals surface area contributed by atoms with E-state index in [0.717, 1.165) is 6.07 Å². The molecule has 0 radical (unpaired) electrons. The summed E-state index contributed by atoms with van der Waals surface area (Å²) >= 11 is 0. The Balaban J connectivity index is 1.97. The Bertz CT molecular complexity index is 1100. The second-order valence-corrected chi connectivity index (χ2v) is 7.85. The molecule has 0 bridgehead atoms. The Morgan fingerprint density at radius 1 is 1.00 bits per heavy atom. The minimum Gasteiger partial charge on any atom is -0.457 e. The van der Waals surface area contributed by atoms with Crippen LogP contribution in [0.5, 0.6) is 0 Å². The van der Waals surface area contributed by atoms with E-state index in [4.69, 9.17) is 4.74 Å². The van der Waals surface area contributed by atoms with Gasteiger partial charge in [0.1, 0.15) is 17.7 Å². The van der Waals surface area contributed by atoms with E-state index in [9.17, 15) is 26.7 Å². The molecule has 8 heteroatoms. The number of nitrogens with zero attached hydrogens (tertiary/aromatic N) is 1. The molecule has 3 nitrogen and oxygen atoms in total. The number of pyridine rings is 1. The van der Waals surface area contributed by atoms with Gasteiger partial charge in [-0.3, -0.25) is 4.98 Å². The average molecular weight is 449 g/mol. The van der Waals surface area contributed by atoms with Gasteiger partial charge in [-0.15, -0.1) is 0 Å². The van der Waals surface area contributed by atoms with Crippen molar-refractivity contribution in [3.05, 3.63) is 89.6 Å². The molecule has 1 unspecified atom stereocenters. The third-order valence-corrected chi connectivity index (χ3v) is 5.19. The van der Waals surface area contributed by atoms with Crippen molar-refractivity contribution >= 4 is 5.97 Å². The quantitative estimate of drug-likeness (QED) is 0.319. The number of carbonyl (C=O) groups is 1. The molecule has 0 saturated heterocycles. The lowest BCUT2D eigenvalue weighted by Gasteiger charge is -2.35. The van der Waals surface area contributed by atoms with Gasteiger partial charge in [0.15, 0.2) is 0 Å². The Morgan fingerprint density at radius 2 is 1.69 bits per heavy atom. The van der Waals surface area contributed by atoms with Gasteiger partial charge in [0, 0.05) is 23.2 Å². The van der Waals surface area contributed by atoms with Crippen LogP contribution < -0.4 is 0 Å². The first kappa shape index (κ1) is 23.4. The first-order valence-corrected chi connectivity index (χ1v) is 9.72. The van der Waals surface area contributed by atoms with E-state index in [1.165, 1.54) is 50.4 Å². The molecule has 0 spiro atoms. The fraction of sp³-hybridized carbons (Fsp3) is 0.250. The topological polar surface area (TPSA) is 39.2 Å². The van der Waals surface area contributed by atoms with Crippen LogP contribution in [0.3, 0.4) is 0 Å². The first-order chi connectivity index (χ1) is 15.0. The molecule has 1 aromatic heterocycles. The number of esters is 1. The number of rotatable bonds is 6. The Morgan fingerprint density at radius 3 is 2.31 bits per heavy atom. The zero-order valence-electron chi connectivity index (χ0n) is 17.3. The van der Waals surface area contributed by atoms with Gasteiger partial charge >= 0.3 is 12.1 Å². The maximum Gasteiger partial charge on any atom is 0.392 e. The lowest BCUT2D eigenvalue weighted by Crippen LogP contribution is -2.41. The maximum absolute atomic E-state index is 14.2. The van der Waals surface area contributed by atoms with E-state index in [-0.39, 0.29) is 16.8 Å². The maximum atomic E-state index is 14.2. The molecule has 0 aliphatic heterocycles. The van der Waals surface area contributed by atoms with Gasteiger partial charge < -0.3 is 4.74 Å². The molecule has 0 saturated carbocycles. The SMILES string of the molecule is CC(C)(c1ccnc(-c2ccc(F)cc2F)c1)C(CC(F)(F)F)OC(=O)c1ccccc1. The van der Waals surface area contributed by atoms with E-state index in [2.05, 4.69) is 4.98 Å². The number of alkyl halides is 3. The number of ether oxygens (including phenoxy) is 1. The highest BCUT2D eigenvalue weighted by molar-refractivity contribution is 5.89. The minimum absolute atomic E-state index is 0.00213. The highest BCUT2D eigenvalue weighted by atomic mass is 19.4. The first-order valence-electron chi connectivity index (χ1n) is 9.72. The van der Waals surface area contributed by atoms with Gasteiger partial charge in [-0.25, -0.2) is 13.6 Å². The van der Waals surface area contributed by atoms with E-state index < -0.39 is 41.7 Å². The number of aromatic nitrogens is 1. The van der Waals surface area contributed by atoms with Crippen molar-refractivity contribution in [2.45, 2.75) is 38.0 Å². The smallest absolute Gasteiger partial charge is 0.392 e. The van der Waals surface area contributed by atoms with Crippen molar-refractivity contribution in [1.29, 1.82) is 0 Å². The molecule has 2 aromatic carbocycles. The third-order valence-electron chi connectivity index (χ3n) is 5.19. The van der Waals surface area contributed by atoms with Gasteiger partial charge in [0.25, 0.3) is 0 Å². The minimum atomic E-state index is -4.60. The van der Waals surface area contributed by atoms with Crippen LogP contribution in [0, 0.1) is 11.6 Å². The Kier molecular flexibility index (Phi) is 6.62. The van der Waals surface area contributed by atoms with E-state index >= 15 is 0 Å². The Labute approximate surface area is 181 Å². The number of carbonyl (C=O) groups excluding carboxylic acids is 1. The average Bonchev–Trinajstić information content (AvgIpc) is 2.73. The fourth-order valence-electron chi connectivity index (χ4n) is 3.29. The number of benzene rings is 2. The second-order valence-electron chi connectivity index (χ2n) is 7.85. The highest BCUT2D eigenvalue weighted by Crippen LogP contribution is 2.37. The second kappa shape index (κ2) is 9.06. The predicted octanol–water partition coefficient (Wildman–Crippen LogP) is 6.48. The lowest BCUT2D eigenvalue weighted by atomic mass is 9.77. The molecular weight excluding hydrogens is 429 g/mol. The van der Waals surface area contributed by atoms with Crippen molar-refractivity contribution in [1.82, 2.24) is 4.98 Å². The lowest BCUT2D eigenvalue weighted by molar-refractivity contribution is -0.161. The van der Waals surface area contributed by atoms with Crippen LogP contribution >= 0.6 is 0 Å². The van der Waals surface area contributed by atoms with Crippen molar-refractivity contribution in [3.63, 3.8) is 0 Å². The zero-order valence-corrected chi connectivity index (χ0v) is 17.3. The third kappa shape index (κ3) is 5.49. The highest BCUT2D eigenvalue weighted by Gasteiger charge is 2.43. The van der Waals surface area contributed by atoms with Crippen molar-refractivity contribution in [2.24, 2.45) is 0 Å². The summed E-state index contributed by atoms with van der Waals surface area (Å²) in [6.07, 6.45) is -6.22. The summed E-state index contributed by atoms with van der Waals surface area (Å²) in [5.41, 5.74) is -0.722. The van der Waals surface area contributed by atoms with Gasteiger partial charge in [0.2, 0.25) is 0 Å². The van der Waals surface area contributed by atoms with Crippen molar-refractivity contribution in [3.8, 4) is 11.3 Å². The molecule has 3 rings (SSSR count). The summed E-state index contributed by atoms with van der Waals surface area (Å²) in [5, 5.41) is 0. The molecular formula is C24H20F5NO2. The molecule has 1 heterocycles. The van der Waals surface area contributed by atoms with Crippen LogP contribution in [-0.4, -0.2) is 23.2 Å². The van der Waals surface area contributed by atoms with E-state index in [0.29, 0.717) is 11.6 Å². The molecule has 32 heavy (non-hydrogen) atoms. The number of halogens is 5. The fourth-order valence-corrected chi connectivity index (χ4v) is 3.29. The number of hydrogen-bond donors (Lipinski definition) is 0. The summed E-state index contributed by atoms with van der Waals surface area (Å²) in [6.45, 7) is 3.00. The summed E-state index contributed by atoms with van der Waals surface area (Å²) in [4.78, 5) is 16.6. The summed E-state index contributed by atoms with van der Waals surface area (Å²) < 4.78 is 72.8. The van der Waals surface area contributed by atoms with Crippen LogP contribution in [0.15, 0.2) is 66.9 Å². The molecule has 3 aromatic rings. The van der Waals surface area contributed by atoms with Crippen LogP contribution in [0.25, 0.3) is 11.3 Å². The largest absolute Gasteiger partial charge is 0.457 e. The summed E-state index contributed by atoms with van der Waals surface area (Å²) in [5.74, 6) is -2.50. The van der Waals surface area contributed by atoms with Crippen LogP contribution in [0.2, 0.25) is 0 Å². The summed E-state index contributed by atoms with van der Waals surface area (Å²) in [6, 6.07) is 13.6. The van der Waals surface area contributed by atoms with Gasteiger partial charge in [0.05, 0.1) is 17.7 Å².